The summed E-state index contributed by atoms with van der Waals surface area (Å²) in [6.07, 6.45) is 1.67. The molecule has 1 amide bonds. The molecular weight excluding hydrogens is 358 g/mol. The average molecular weight is 382 g/mol. The van der Waals surface area contributed by atoms with Crippen LogP contribution in [0.25, 0.3) is 0 Å². The molecule has 1 aliphatic heterocycles. The van der Waals surface area contributed by atoms with Gasteiger partial charge < -0.3 is 15.4 Å². The number of para-hydroxylation sites is 1. The van der Waals surface area contributed by atoms with E-state index in [0.29, 0.717) is 17.2 Å². The first-order chi connectivity index (χ1) is 13.1. The largest absolute Gasteiger partial charge is 0.493 e. The Labute approximate surface area is 163 Å². The predicted octanol–water partition coefficient (Wildman–Crippen LogP) is 3.71. The summed E-state index contributed by atoms with van der Waals surface area (Å²) in [5.41, 5.74) is 3.96. The third-order valence-corrected chi connectivity index (χ3v) is 6.48. The quantitative estimate of drug-likeness (QED) is 0.828. The summed E-state index contributed by atoms with van der Waals surface area (Å²) in [5, 5.41) is 16.6. The standard InChI is InChI=1S/C21H23N3O2S/c1-3-26-19-12(2)5-4-6-14(19)15-9-16(15)20(25)24-21-17(10-22)13-7-8-23-11-18(13)27-21/h4-6,15-16,23H,3,7-9,11H2,1-2H3,(H,24,25). The van der Waals surface area contributed by atoms with Crippen molar-refractivity contribution in [2.24, 2.45) is 5.92 Å². The smallest absolute Gasteiger partial charge is 0.228 e. The molecule has 1 aromatic heterocycles. The van der Waals surface area contributed by atoms with Gasteiger partial charge in [-0.05, 0) is 55.8 Å². The molecule has 2 heterocycles. The number of thiophene rings is 1. The monoisotopic (exact) mass is 381 g/mol. The minimum Gasteiger partial charge on any atom is -0.493 e. The van der Waals surface area contributed by atoms with Gasteiger partial charge in [-0.15, -0.1) is 11.3 Å². The number of rotatable bonds is 5. The van der Waals surface area contributed by atoms with Crippen molar-refractivity contribution >= 4 is 22.2 Å². The third kappa shape index (κ3) is 3.33. The van der Waals surface area contributed by atoms with Crippen molar-refractivity contribution < 1.29 is 9.53 Å². The van der Waals surface area contributed by atoms with Gasteiger partial charge in [0.1, 0.15) is 16.8 Å². The number of carbonyl (C=O) groups is 1. The van der Waals surface area contributed by atoms with Crippen LogP contribution >= 0.6 is 11.3 Å². The fraction of sp³-hybridized carbons (Fsp3) is 0.429. The number of fused-ring (bicyclic) bond motifs is 1. The van der Waals surface area contributed by atoms with Crippen molar-refractivity contribution in [3.8, 4) is 11.8 Å². The summed E-state index contributed by atoms with van der Waals surface area (Å²) < 4.78 is 5.83. The summed E-state index contributed by atoms with van der Waals surface area (Å²) in [7, 11) is 0. The Hall–Kier alpha value is -2.36. The molecule has 0 saturated heterocycles. The minimum absolute atomic E-state index is 0.00649. The topological polar surface area (TPSA) is 74.1 Å². The number of ether oxygens (including phenoxy) is 1. The molecule has 140 valence electrons. The first-order valence-electron chi connectivity index (χ1n) is 9.42. The summed E-state index contributed by atoms with van der Waals surface area (Å²) in [6.45, 7) is 6.28. The summed E-state index contributed by atoms with van der Waals surface area (Å²) in [6, 6.07) is 8.41. The summed E-state index contributed by atoms with van der Waals surface area (Å²) in [5.74, 6) is 1.05. The number of carbonyl (C=O) groups excluding carboxylic acids is 1. The number of amides is 1. The SMILES string of the molecule is CCOc1c(C)cccc1C1CC1C(=O)Nc1sc2c(c1C#N)CCNC2. The molecule has 0 bridgehead atoms. The van der Waals surface area contributed by atoms with Crippen LogP contribution in [-0.4, -0.2) is 19.1 Å². The highest BCUT2D eigenvalue weighted by molar-refractivity contribution is 7.16. The Morgan fingerprint density at radius 3 is 3.11 bits per heavy atom. The maximum atomic E-state index is 12.8. The lowest BCUT2D eigenvalue weighted by Gasteiger charge is -2.13. The molecule has 2 aliphatic rings. The first-order valence-corrected chi connectivity index (χ1v) is 10.2. The number of benzene rings is 1. The van der Waals surface area contributed by atoms with E-state index in [1.807, 2.05) is 26.0 Å². The van der Waals surface area contributed by atoms with E-state index >= 15 is 0 Å². The fourth-order valence-corrected chi connectivity index (χ4v) is 5.05. The van der Waals surface area contributed by atoms with Crippen molar-refractivity contribution in [3.63, 3.8) is 0 Å². The van der Waals surface area contributed by atoms with Crippen LogP contribution < -0.4 is 15.4 Å². The highest BCUT2D eigenvalue weighted by Crippen LogP contribution is 2.51. The van der Waals surface area contributed by atoms with Crippen LogP contribution in [0.5, 0.6) is 5.75 Å². The number of nitriles is 1. The van der Waals surface area contributed by atoms with Gasteiger partial charge in [-0.1, -0.05) is 18.2 Å². The minimum atomic E-state index is -0.0604. The van der Waals surface area contributed by atoms with E-state index < -0.39 is 0 Å². The van der Waals surface area contributed by atoms with Gasteiger partial charge >= 0.3 is 0 Å². The van der Waals surface area contributed by atoms with Crippen LogP contribution in [-0.2, 0) is 17.8 Å². The lowest BCUT2D eigenvalue weighted by atomic mass is 10.0. The zero-order valence-corrected chi connectivity index (χ0v) is 16.4. The molecule has 5 nitrogen and oxygen atoms in total. The third-order valence-electron chi connectivity index (χ3n) is 5.33. The molecule has 2 unspecified atom stereocenters. The van der Waals surface area contributed by atoms with Crippen LogP contribution in [0, 0.1) is 24.2 Å². The van der Waals surface area contributed by atoms with E-state index in [2.05, 4.69) is 22.8 Å². The van der Waals surface area contributed by atoms with Crippen LogP contribution in [0.2, 0.25) is 0 Å². The number of aryl methyl sites for hydroxylation is 1. The molecule has 0 spiro atoms. The van der Waals surface area contributed by atoms with E-state index in [4.69, 9.17) is 4.74 Å². The van der Waals surface area contributed by atoms with Gasteiger partial charge in [0.2, 0.25) is 5.91 Å². The molecule has 2 atom stereocenters. The molecule has 2 N–H and O–H groups in total. The van der Waals surface area contributed by atoms with Crippen LogP contribution in [0.1, 0.15) is 46.4 Å². The lowest BCUT2D eigenvalue weighted by Crippen LogP contribution is -2.22. The van der Waals surface area contributed by atoms with Gasteiger partial charge in [0.25, 0.3) is 0 Å². The van der Waals surface area contributed by atoms with Gasteiger partial charge in [0.05, 0.1) is 12.2 Å². The van der Waals surface area contributed by atoms with Crippen LogP contribution in [0.3, 0.4) is 0 Å². The normalized spacial score (nSPS) is 20.5. The lowest BCUT2D eigenvalue weighted by molar-refractivity contribution is -0.117. The van der Waals surface area contributed by atoms with Crippen molar-refractivity contribution in [2.45, 2.75) is 39.2 Å². The number of nitrogens with one attached hydrogen (secondary N) is 2. The van der Waals surface area contributed by atoms with Crippen LogP contribution in [0.4, 0.5) is 5.00 Å². The second kappa shape index (κ2) is 7.34. The maximum Gasteiger partial charge on any atom is 0.228 e. The molecule has 4 rings (SSSR count). The number of nitrogens with zero attached hydrogens (tertiary/aromatic N) is 1. The number of anilines is 1. The number of hydrogen-bond donors (Lipinski definition) is 2. The summed E-state index contributed by atoms with van der Waals surface area (Å²) in [4.78, 5) is 14.0. The molecule has 1 aromatic carbocycles. The predicted molar refractivity (Wildman–Crippen MR) is 106 cm³/mol. The zero-order valence-electron chi connectivity index (χ0n) is 15.6. The van der Waals surface area contributed by atoms with Gasteiger partial charge in [0.15, 0.2) is 0 Å². The molecular formula is C21H23N3O2S. The van der Waals surface area contributed by atoms with Crippen molar-refractivity contribution in [2.75, 3.05) is 18.5 Å². The highest BCUT2D eigenvalue weighted by Gasteiger charge is 2.45. The number of hydrogen-bond acceptors (Lipinski definition) is 5. The van der Waals surface area contributed by atoms with Crippen molar-refractivity contribution in [1.29, 1.82) is 5.26 Å². The van der Waals surface area contributed by atoms with E-state index in [1.54, 1.807) is 0 Å². The first kappa shape index (κ1) is 18.0. The van der Waals surface area contributed by atoms with Crippen molar-refractivity contribution in [1.82, 2.24) is 5.32 Å². The molecule has 1 aliphatic carbocycles. The fourth-order valence-electron chi connectivity index (χ4n) is 3.88. The summed E-state index contributed by atoms with van der Waals surface area (Å²) >= 11 is 1.53. The van der Waals surface area contributed by atoms with Crippen molar-refractivity contribution in [3.05, 3.63) is 45.3 Å². The Bertz CT molecular complexity index is 928. The van der Waals surface area contributed by atoms with Gasteiger partial charge in [-0.3, -0.25) is 4.79 Å². The molecule has 27 heavy (non-hydrogen) atoms. The molecule has 0 radical (unpaired) electrons. The maximum absolute atomic E-state index is 12.8. The van der Waals surface area contributed by atoms with Gasteiger partial charge in [0, 0.05) is 17.3 Å². The Balaban J connectivity index is 1.51. The van der Waals surface area contributed by atoms with E-state index in [-0.39, 0.29) is 17.7 Å². The second-order valence-electron chi connectivity index (χ2n) is 7.11. The molecule has 1 saturated carbocycles. The van der Waals surface area contributed by atoms with E-state index in [0.717, 1.165) is 53.2 Å². The second-order valence-corrected chi connectivity index (χ2v) is 8.22. The molecule has 6 heteroatoms. The Morgan fingerprint density at radius 1 is 1.48 bits per heavy atom. The van der Waals surface area contributed by atoms with E-state index in [9.17, 15) is 10.1 Å². The average Bonchev–Trinajstić information content (AvgIpc) is 3.39. The van der Waals surface area contributed by atoms with Gasteiger partial charge in [-0.25, -0.2) is 0 Å². The highest BCUT2D eigenvalue weighted by atomic mass is 32.1. The Kier molecular flexibility index (Phi) is 4.90. The van der Waals surface area contributed by atoms with Gasteiger partial charge in [-0.2, -0.15) is 5.26 Å². The van der Waals surface area contributed by atoms with E-state index in [1.165, 1.54) is 11.3 Å². The molecule has 2 aromatic rings. The Morgan fingerprint density at radius 2 is 2.33 bits per heavy atom. The van der Waals surface area contributed by atoms with Crippen LogP contribution in [0.15, 0.2) is 18.2 Å². The zero-order chi connectivity index (χ0) is 19.0. The molecule has 1 fully saturated rings.